The number of hydrogen-bond acceptors (Lipinski definition) is 2. The van der Waals surface area contributed by atoms with E-state index in [0.29, 0.717) is 0 Å². The topological polar surface area (TPSA) is 40.5 Å². The molecule has 0 aromatic heterocycles. The third-order valence-corrected chi connectivity index (χ3v) is 1.49. The summed E-state index contributed by atoms with van der Waals surface area (Å²) in [7, 11) is 4.07. The fourth-order valence-corrected chi connectivity index (χ4v) is 0.874. The zero-order valence-corrected chi connectivity index (χ0v) is 7.79. The van der Waals surface area contributed by atoms with E-state index in [-0.39, 0.29) is 0 Å². The van der Waals surface area contributed by atoms with Gasteiger partial charge in [0, 0.05) is 6.08 Å². The highest BCUT2D eigenvalue weighted by atomic mass is 16.4. The lowest BCUT2D eigenvalue weighted by molar-refractivity contribution is -0.131. The van der Waals surface area contributed by atoms with Crippen LogP contribution in [0.5, 0.6) is 0 Å². The fraction of sp³-hybridized carbons (Fsp3) is 0.667. The molecule has 3 heteroatoms. The molecule has 0 saturated carbocycles. The molecule has 0 aromatic rings. The summed E-state index contributed by atoms with van der Waals surface area (Å²) in [6.07, 6.45) is 5.95. The van der Waals surface area contributed by atoms with E-state index >= 15 is 0 Å². The lowest BCUT2D eigenvalue weighted by atomic mass is 10.2. The summed E-state index contributed by atoms with van der Waals surface area (Å²) in [6, 6.07) is 0. The SMILES string of the molecule is CN(C)CCCC/C=C/C(=O)O. The number of unbranched alkanes of at least 4 members (excludes halogenated alkanes) is 2. The number of aliphatic carboxylic acids is 1. The molecule has 0 bridgehead atoms. The van der Waals surface area contributed by atoms with Crippen molar-refractivity contribution in [2.24, 2.45) is 0 Å². The van der Waals surface area contributed by atoms with Gasteiger partial charge in [0.15, 0.2) is 0 Å². The molecule has 0 aliphatic heterocycles. The number of carboxylic acid groups (broad SMARTS) is 1. The third kappa shape index (κ3) is 9.17. The van der Waals surface area contributed by atoms with Crippen LogP contribution in [0.1, 0.15) is 19.3 Å². The number of nitrogens with zero attached hydrogens (tertiary/aromatic N) is 1. The van der Waals surface area contributed by atoms with Gasteiger partial charge in [-0.15, -0.1) is 0 Å². The highest BCUT2D eigenvalue weighted by molar-refractivity contribution is 5.79. The standard InChI is InChI=1S/C9H17NO2/c1-10(2)8-6-4-3-5-7-9(11)12/h5,7H,3-4,6,8H2,1-2H3,(H,11,12)/b7-5+. The van der Waals surface area contributed by atoms with E-state index in [4.69, 9.17) is 5.11 Å². The second-order valence-corrected chi connectivity index (χ2v) is 3.04. The van der Waals surface area contributed by atoms with Crippen molar-refractivity contribution in [1.29, 1.82) is 0 Å². The van der Waals surface area contributed by atoms with Crippen molar-refractivity contribution in [1.82, 2.24) is 4.90 Å². The molecule has 0 heterocycles. The number of hydrogen-bond donors (Lipinski definition) is 1. The Morgan fingerprint density at radius 3 is 2.58 bits per heavy atom. The highest BCUT2D eigenvalue weighted by Crippen LogP contribution is 1.97. The van der Waals surface area contributed by atoms with Gasteiger partial charge in [0.25, 0.3) is 0 Å². The Morgan fingerprint density at radius 2 is 2.08 bits per heavy atom. The van der Waals surface area contributed by atoms with Gasteiger partial charge in [-0.3, -0.25) is 0 Å². The minimum Gasteiger partial charge on any atom is -0.478 e. The van der Waals surface area contributed by atoms with Crippen LogP contribution in [0.15, 0.2) is 12.2 Å². The summed E-state index contributed by atoms with van der Waals surface area (Å²) in [5.74, 6) is -0.859. The van der Waals surface area contributed by atoms with Gasteiger partial charge in [-0.05, 0) is 39.9 Å². The average molecular weight is 171 g/mol. The Morgan fingerprint density at radius 1 is 1.42 bits per heavy atom. The highest BCUT2D eigenvalue weighted by Gasteiger charge is 1.89. The summed E-state index contributed by atoms with van der Waals surface area (Å²) in [4.78, 5) is 12.2. The Kier molecular flexibility index (Phi) is 6.38. The van der Waals surface area contributed by atoms with Gasteiger partial charge in [-0.1, -0.05) is 6.08 Å². The lowest BCUT2D eigenvalue weighted by Gasteiger charge is -2.07. The molecule has 0 aliphatic rings. The fourth-order valence-electron chi connectivity index (χ4n) is 0.874. The van der Waals surface area contributed by atoms with Crippen molar-refractivity contribution in [2.45, 2.75) is 19.3 Å². The zero-order chi connectivity index (χ0) is 9.40. The van der Waals surface area contributed by atoms with Crippen LogP contribution in [0.2, 0.25) is 0 Å². The maximum Gasteiger partial charge on any atom is 0.327 e. The van der Waals surface area contributed by atoms with E-state index in [1.807, 2.05) is 14.1 Å². The van der Waals surface area contributed by atoms with Crippen LogP contribution in [-0.4, -0.2) is 36.6 Å². The summed E-state index contributed by atoms with van der Waals surface area (Å²) in [6.45, 7) is 1.07. The molecule has 0 aromatic carbocycles. The van der Waals surface area contributed by atoms with E-state index in [0.717, 1.165) is 25.8 Å². The first-order valence-electron chi connectivity index (χ1n) is 4.17. The van der Waals surface area contributed by atoms with Crippen LogP contribution < -0.4 is 0 Å². The molecule has 3 nitrogen and oxygen atoms in total. The molecule has 1 N–H and O–H groups in total. The largest absolute Gasteiger partial charge is 0.478 e. The van der Waals surface area contributed by atoms with E-state index in [2.05, 4.69) is 4.90 Å². The maximum atomic E-state index is 10.0. The van der Waals surface area contributed by atoms with E-state index < -0.39 is 5.97 Å². The molecule has 0 amide bonds. The van der Waals surface area contributed by atoms with Crippen LogP contribution >= 0.6 is 0 Å². The van der Waals surface area contributed by atoms with E-state index in [1.54, 1.807) is 6.08 Å². The molecule has 12 heavy (non-hydrogen) atoms. The lowest BCUT2D eigenvalue weighted by Crippen LogP contribution is -2.12. The molecular formula is C9H17NO2. The van der Waals surface area contributed by atoms with Gasteiger partial charge in [-0.2, -0.15) is 0 Å². The monoisotopic (exact) mass is 171 g/mol. The minimum atomic E-state index is -0.859. The first-order chi connectivity index (χ1) is 5.63. The summed E-state index contributed by atoms with van der Waals surface area (Å²) in [5, 5.41) is 8.26. The first kappa shape index (κ1) is 11.2. The smallest absolute Gasteiger partial charge is 0.327 e. The predicted molar refractivity (Wildman–Crippen MR) is 49.2 cm³/mol. The molecule has 0 unspecified atom stereocenters. The second-order valence-electron chi connectivity index (χ2n) is 3.04. The van der Waals surface area contributed by atoms with Gasteiger partial charge >= 0.3 is 5.97 Å². The molecule has 0 saturated heterocycles. The van der Waals surface area contributed by atoms with Crippen molar-refractivity contribution < 1.29 is 9.90 Å². The van der Waals surface area contributed by atoms with Crippen LogP contribution in [-0.2, 0) is 4.79 Å². The zero-order valence-electron chi connectivity index (χ0n) is 7.79. The molecule has 0 radical (unpaired) electrons. The number of allylic oxidation sites excluding steroid dienone is 1. The number of carboxylic acids is 1. The quantitative estimate of drug-likeness (QED) is 0.484. The molecule has 0 spiro atoms. The number of rotatable bonds is 6. The van der Waals surface area contributed by atoms with E-state index in [9.17, 15) is 4.79 Å². The predicted octanol–water partition coefficient (Wildman–Crippen LogP) is 1.36. The summed E-state index contributed by atoms with van der Waals surface area (Å²) >= 11 is 0. The van der Waals surface area contributed by atoms with Gasteiger partial charge < -0.3 is 10.0 Å². The van der Waals surface area contributed by atoms with Crippen molar-refractivity contribution >= 4 is 5.97 Å². The normalized spacial score (nSPS) is 11.2. The van der Waals surface area contributed by atoms with Crippen molar-refractivity contribution in [2.75, 3.05) is 20.6 Å². The maximum absolute atomic E-state index is 10.0. The van der Waals surface area contributed by atoms with Crippen molar-refractivity contribution in [3.63, 3.8) is 0 Å². The van der Waals surface area contributed by atoms with Gasteiger partial charge in [0.05, 0.1) is 0 Å². The molecular weight excluding hydrogens is 154 g/mol. The number of carbonyl (C=O) groups is 1. The second kappa shape index (κ2) is 6.85. The third-order valence-electron chi connectivity index (χ3n) is 1.49. The Balaban J connectivity index is 3.16. The molecule has 0 rings (SSSR count). The van der Waals surface area contributed by atoms with Crippen LogP contribution in [0.3, 0.4) is 0 Å². The Bertz CT molecular complexity index is 153. The minimum absolute atomic E-state index is 0.859. The molecule has 0 fully saturated rings. The van der Waals surface area contributed by atoms with Gasteiger partial charge in [0.1, 0.15) is 0 Å². The Hall–Kier alpha value is -0.830. The molecule has 0 atom stereocenters. The van der Waals surface area contributed by atoms with Gasteiger partial charge in [-0.25, -0.2) is 4.79 Å². The average Bonchev–Trinajstić information content (AvgIpc) is 1.95. The molecule has 0 aliphatic carbocycles. The van der Waals surface area contributed by atoms with Crippen molar-refractivity contribution in [3.8, 4) is 0 Å². The van der Waals surface area contributed by atoms with Gasteiger partial charge in [0.2, 0.25) is 0 Å². The summed E-state index contributed by atoms with van der Waals surface area (Å²) in [5.41, 5.74) is 0. The first-order valence-corrected chi connectivity index (χ1v) is 4.17. The molecule has 70 valence electrons. The summed E-state index contributed by atoms with van der Waals surface area (Å²) < 4.78 is 0. The van der Waals surface area contributed by atoms with Crippen LogP contribution in [0.4, 0.5) is 0 Å². The van der Waals surface area contributed by atoms with E-state index in [1.165, 1.54) is 6.08 Å². The Labute approximate surface area is 73.7 Å². The van der Waals surface area contributed by atoms with Crippen LogP contribution in [0, 0.1) is 0 Å². The van der Waals surface area contributed by atoms with Crippen LogP contribution in [0.25, 0.3) is 0 Å². The van der Waals surface area contributed by atoms with Crippen molar-refractivity contribution in [3.05, 3.63) is 12.2 Å².